The molecule has 9 nitrogen and oxygen atoms in total. The van der Waals surface area contributed by atoms with Crippen LogP contribution in [0.15, 0.2) is 78.0 Å². The van der Waals surface area contributed by atoms with Gasteiger partial charge in [0, 0.05) is 23.4 Å². The normalized spacial score (nSPS) is 11.3. The molecule has 3 aromatic carbocycles. The number of nitro benzene ring substituents is 1. The zero-order chi connectivity index (χ0) is 27.3. The molecule has 0 bridgehead atoms. The van der Waals surface area contributed by atoms with E-state index in [0.717, 1.165) is 17.7 Å². The van der Waals surface area contributed by atoms with E-state index in [1.54, 1.807) is 36.4 Å². The Bertz CT molecular complexity index is 1440. The summed E-state index contributed by atoms with van der Waals surface area (Å²) in [6, 6.07) is 17.1. The molecule has 196 valence electrons. The van der Waals surface area contributed by atoms with Crippen molar-refractivity contribution in [2.75, 3.05) is 7.11 Å². The van der Waals surface area contributed by atoms with Crippen LogP contribution in [-0.2, 0) is 18.5 Å². The molecule has 1 amide bonds. The Morgan fingerprint density at radius 1 is 1.08 bits per heavy atom. The van der Waals surface area contributed by atoms with Crippen LogP contribution in [0.3, 0.4) is 0 Å². The van der Waals surface area contributed by atoms with Gasteiger partial charge < -0.3 is 10.1 Å². The maximum atomic E-state index is 13.4. The number of carbonyl (C=O) groups is 1. The smallest absolute Gasteiger partial charge is 0.416 e. The fraction of sp³-hybridized carbons (Fsp3) is 0.160. The molecule has 1 aromatic heterocycles. The molecule has 0 radical (unpaired) electrons. The van der Waals surface area contributed by atoms with E-state index in [2.05, 4.69) is 15.5 Å². The predicted molar refractivity (Wildman–Crippen MR) is 133 cm³/mol. The number of rotatable bonds is 9. The topological polar surface area (TPSA) is 112 Å². The van der Waals surface area contributed by atoms with Crippen molar-refractivity contribution in [2.24, 2.45) is 0 Å². The van der Waals surface area contributed by atoms with Crippen LogP contribution < -0.4 is 10.1 Å². The minimum absolute atomic E-state index is 0.0548. The number of alkyl halides is 3. The summed E-state index contributed by atoms with van der Waals surface area (Å²) in [4.78, 5) is 23.0. The molecule has 0 saturated carbocycles. The summed E-state index contributed by atoms with van der Waals surface area (Å²) in [7, 11) is 1.51. The second-order valence-corrected chi connectivity index (χ2v) is 8.85. The van der Waals surface area contributed by atoms with Gasteiger partial charge in [0.05, 0.1) is 29.8 Å². The predicted octanol–water partition coefficient (Wildman–Crippen LogP) is 5.43. The van der Waals surface area contributed by atoms with Crippen LogP contribution in [0.5, 0.6) is 5.75 Å². The molecule has 0 aliphatic heterocycles. The number of nitrogens with zero attached hydrogens (tertiary/aromatic N) is 4. The molecule has 0 spiro atoms. The van der Waals surface area contributed by atoms with Crippen LogP contribution in [0.2, 0.25) is 0 Å². The third-order valence-electron chi connectivity index (χ3n) is 5.41. The van der Waals surface area contributed by atoms with Crippen LogP contribution in [-0.4, -0.2) is 32.7 Å². The summed E-state index contributed by atoms with van der Waals surface area (Å²) >= 11 is 1.19. The number of benzene rings is 3. The number of nitrogens with one attached hydrogen (secondary N) is 1. The lowest BCUT2D eigenvalue weighted by Crippen LogP contribution is -2.24. The van der Waals surface area contributed by atoms with Crippen LogP contribution in [0.4, 0.5) is 18.9 Å². The monoisotopic (exact) mass is 543 g/mol. The molecule has 0 unspecified atom stereocenters. The highest BCUT2D eigenvalue weighted by atomic mass is 32.2. The van der Waals surface area contributed by atoms with Crippen molar-refractivity contribution < 1.29 is 27.6 Å². The molecular formula is C25H20F3N5O4S. The first-order chi connectivity index (χ1) is 18.2. The molecule has 38 heavy (non-hydrogen) atoms. The maximum absolute atomic E-state index is 13.4. The zero-order valence-electron chi connectivity index (χ0n) is 19.8. The van der Waals surface area contributed by atoms with Crippen LogP contribution in [0.1, 0.15) is 27.3 Å². The summed E-state index contributed by atoms with van der Waals surface area (Å²) < 4.78 is 46.7. The molecule has 4 aromatic rings. The first-order valence-electron chi connectivity index (χ1n) is 11.1. The Hall–Kier alpha value is -4.39. The van der Waals surface area contributed by atoms with Gasteiger partial charge in [-0.15, -0.1) is 10.2 Å². The minimum atomic E-state index is -4.56. The Morgan fingerprint density at radius 2 is 1.79 bits per heavy atom. The molecular weight excluding hydrogens is 523 g/mol. The van der Waals surface area contributed by atoms with Gasteiger partial charge in [-0.3, -0.25) is 19.5 Å². The van der Waals surface area contributed by atoms with E-state index in [4.69, 9.17) is 4.74 Å². The molecule has 0 aliphatic carbocycles. The van der Waals surface area contributed by atoms with Crippen molar-refractivity contribution in [3.05, 3.63) is 105 Å². The fourth-order valence-corrected chi connectivity index (χ4v) is 4.38. The first kappa shape index (κ1) is 26.7. The van der Waals surface area contributed by atoms with E-state index in [0.29, 0.717) is 17.1 Å². The summed E-state index contributed by atoms with van der Waals surface area (Å²) in [6.45, 7) is -0.105. The lowest BCUT2D eigenvalue weighted by molar-refractivity contribution is -0.384. The summed E-state index contributed by atoms with van der Waals surface area (Å²) in [6.07, 6.45) is -4.56. The van der Waals surface area contributed by atoms with E-state index in [-0.39, 0.29) is 28.9 Å². The van der Waals surface area contributed by atoms with Crippen LogP contribution in [0, 0.1) is 10.1 Å². The largest absolute Gasteiger partial charge is 0.497 e. The Labute approximate surface area is 218 Å². The van der Waals surface area contributed by atoms with Crippen LogP contribution in [0.25, 0.3) is 5.69 Å². The first-order valence-corrected chi connectivity index (χ1v) is 12.0. The van der Waals surface area contributed by atoms with Crippen LogP contribution >= 0.6 is 11.8 Å². The van der Waals surface area contributed by atoms with E-state index in [9.17, 15) is 28.1 Å². The lowest BCUT2D eigenvalue weighted by atomic mass is 10.2. The standard InChI is InChI=1S/C25H20F3N5O4S/c1-37-21-11-7-17(8-12-21)23(34)29-14-22-30-31-24(38-15-16-5-9-19(10-6-16)33(35)36)32(22)20-4-2-3-18(13-20)25(26,27)28/h2-13H,14-15H2,1H3,(H,29,34). The highest BCUT2D eigenvalue weighted by molar-refractivity contribution is 7.98. The molecule has 0 fully saturated rings. The van der Waals surface area contributed by atoms with Gasteiger partial charge in [-0.05, 0) is 48.0 Å². The summed E-state index contributed by atoms with van der Waals surface area (Å²) in [5.41, 5.74) is 0.381. The second kappa shape index (κ2) is 11.3. The lowest BCUT2D eigenvalue weighted by Gasteiger charge is -2.13. The van der Waals surface area contributed by atoms with E-state index < -0.39 is 22.6 Å². The van der Waals surface area contributed by atoms with Gasteiger partial charge in [0.15, 0.2) is 11.0 Å². The molecule has 1 heterocycles. The van der Waals surface area contributed by atoms with Crippen molar-refractivity contribution in [1.29, 1.82) is 0 Å². The Morgan fingerprint density at radius 3 is 2.42 bits per heavy atom. The minimum Gasteiger partial charge on any atom is -0.497 e. The van der Waals surface area contributed by atoms with Gasteiger partial charge in [-0.1, -0.05) is 30.0 Å². The number of aromatic nitrogens is 3. The molecule has 1 N–H and O–H groups in total. The van der Waals surface area contributed by atoms with E-state index in [1.165, 1.54) is 47.7 Å². The third-order valence-corrected chi connectivity index (χ3v) is 6.41. The molecule has 0 aliphatic rings. The van der Waals surface area contributed by atoms with Gasteiger partial charge in [-0.2, -0.15) is 13.2 Å². The van der Waals surface area contributed by atoms with Gasteiger partial charge >= 0.3 is 6.18 Å². The van der Waals surface area contributed by atoms with Crippen molar-refractivity contribution in [3.8, 4) is 11.4 Å². The molecule has 13 heteroatoms. The van der Waals surface area contributed by atoms with E-state index >= 15 is 0 Å². The van der Waals surface area contributed by atoms with Crippen molar-refractivity contribution in [1.82, 2.24) is 20.1 Å². The SMILES string of the molecule is COc1ccc(C(=O)NCc2nnc(SCc3ccc([N+](=O)[O-])cc3)n2-c2cccc(C(F)(F)F)c2)cc1. The average Bonchev–Trinajstić information content (AvgIpc) is 3.33. The number of methoxy groups -OCH3 is 1. The highest BCUT2D eigenvalue weighted by Crippen LogP contribution is 2.32. The number of hydrogen-bond acceptors (Lipinski definition) is 7. The van der Waals surface area contributed by atoms with Gasteiger partial charge in [0.25, 0.3) is 11.6 Å². The number of halogens is 3. The number of amides is 1. The van der Waals surface area contributed by atoms with E-state index in [1.807, 2.05) is 0 Å². The van der Waals surface area contributed by atoms with Crippen molar-refractivity contribution in [3.63, 3.8) is 0 Å². The van der Waals surface area contributed by atoms with Gasteiger partial charge in [0.1, 0.15) is 5.75 Å². The van der Waals surface area contributed by atoms with Crippen molar-refractivity contribution in [2.45, 2.75) is 23.6 Å². The molecule has 0 atom stereocenters. The third kappa shape index (κ3) is 6.29. The second-order valence-electron chi connectivity index (χ2n) is 7.91. The van der Waals surface area contributed by atoms with Gasteiger partial charge in [-0.25, -0.2) is 0 Å². The quantitative estimate of drug-likeness (QED) is 0.170. The maximum Gasteiger partial charge on any atom is 0.416 e. The Kier molecular flexibility index (Phi) is 7.96. The molecule has 0 saturated heterocycles. The number of thioether (sulfide) groups is 1. The number of hydrogen-bond donors (Lipinski definition) is 1. The number of nitro groups is 1. The number of ether oxygens (including phenoxy) is 1. The van der Waals surface area contributed by atoms with Gasteiger partial charge in [0.2, 0.25) is 0 Å². The number of carbonyl (C=O) groups excluding carboxylic acids is 1. The summed E-state index contributed by atoms with van der Waals surface area (Å²) in [5.74, 6) is 0.719. The Balaban J connectivity index is 1.60. The number of non-ortho nitro benzene ring substituents is 1. The molecule has 4 rings (SSSR count). The van der Waals surface area contributed by atoms with Crippen molar-refractivity contribution >= 4 is 23.4 Å². The highest BCUT2D eigenvalue weighted by Gasteiger charge is 2.31. The fourth-order valence-electron chi connectivity index (χ4n) is 3.45. The average molecular weight is 544 g/mol. The summed E-state index contributed by atoms with van der Waals surface area (Å²) in [5, 5.41) is 22.1. The zero-order valence-corrected chi connectivity index (χ0v) is 20.6.